The van der Waals surface area contributed by atoms with E-state index < -0.39 is 11.7 Å². The lowest BCUT2D eigenvalue weighted by atomic mass is 10.0. The first kappa shape index (κ1) is 21.0. The number of ether oxygens (including phenoxy) is 1. The first-order valence-corrected chi connectivity index (χ1v) is 9.35. The Hall–Kier alpha value is -2.34. The lowest BCUT2D eigenvalue weighted by Gasteiger charge is -2.33. The molecule has 1 aliphatic heterocycles. The quantitative estimate of drug-likeness (QED) is 0.776. The number of carbonyl (C=O) groups is 2. The molecule has 27 heavy (non-hydrogen) atoms. The number of aliphatic hydroxyl groups is 1. The third-order valence-corrected chi connectivity index (χ3v) is 4.43. The van der Waals surface area contributed by atoms with Gasteiger partial charge in [0.15, 0.2) is 0 Å². The summed E-state index contributed by atoms with van der Waals surface area (Å²) in [6.07, 6.45) is 0.451. The Morgan fingerprint density at radius 3 is 2.41 bits per heavy atom. The number of aliphatic hydroxyl groups excluding tert-OH is 1. The zero-order valence-corrected chi connectivity index (χ0v) is 16.4. The summed E-state index contributed by atoms with van der Waals surface area (Å²) in [5, 5.41) is 13.2. The molecule has 0 aromatic heterocycles. The van der Waals surface area contributed by atoms with Crippen LogP contribution in [-0.2, 0) is 9.53 Å². The molecular formula is C21H30N2O4. The van der Waals surface area contributed by atoms with Gasteiger partial charge in [0.2, 0.25) is 5.91 Å². The Balaban J connectivity index is 1.77. The zero-order valence-electron chi connectivity index (χ0n) is 16.4. The van der Waals surface area contributed by atoms with Gasteiger partial charge in [-0.2, -0.15) is 0 Å². The molecule has 0 aliphatic carbocycles. The van der Waals surface area contributed by atoms with Gasteiger partial charge in [-0.15, -0.1) is 0 Å². The van der Waals surface area contributed by atoms with Crippen LogP contribution in [0.2, 0.25) is 0 Å². The number of piperidine rings is 1. The van der Waals surface area contributed by atoms with Crippen LogP contribution in [0, 0.1) is 0 Å². The van der Waals surface area contributed by atoms with E-state index >= 15 is 0 Å². The van der Waals surface area contributed by atoms with Gasteiger partial charge in [0.05, 0.1) is 6.10 Å². The van der Waals surface area contributed by atoms with Crippen molar-refractivity contribution >= 4 is 12.0 Å². The summed E-state index contributed by atoms with van der Waals surface area (Å²) < 4.78 is 5.38. The predicted octanol–water partition coefficient (Wildman–Crippen LogP) is 3.18. The number of nitrogens with one attached hydrogen (secondary N) is 1. The smallest absolute Gasteiger partial charge is 0.410 e. The van der Waals surface area contributed by atoms with Gasteiger partial charge in [0.1, 0.15) is 5.60 Å². The molecule has 6 heteroatoms. The van der Waals surface area contributed by atoms with Crippen molar-refractivity contribution in [3.8, 4) is 0 Å². The summed E-state index contributed by atoms with van der Waals surface area (Å²) in [5.41, 5.74) is 0.595. The van der Waals surface area contributed by atoms with E-state index in [0.717, 1.165) is 5.56 Å². The van der Waals surface area contributed by atoms with Crippen LogP contribution in [0.1, 0.15) is 51.7 Å². The topological polar surface area (TPSA) is 78.9 Å². The first-order chi connectivity index (χ1) is 12.7. The van der Waals surface area contributed by atoms with E-state index in [4.69, 9.17) is 4.74 Å². The number of rotatable bonds is 5. The van der Waals surface area contributed by atoms with Gasteiger partial charge in [-0.05, 0) is 39.2 Å². The predicted molar refractivity (Wildman–Crippen MR) is 104 cm³/mol. The summed E-state index contributed by atoms with van der Waals surface area (Å²) in [6, 6.07) is 9.20. The van der Waals surface area contributed by atoms with Crippen molar-refractivity contribution in [2.24, 2.45) is 0 Å². The maximum Gasteiger partial charge on any atom is 0.410 e. The number of amides is 2. The van der Waals surface area contributed by atoms with Crippen LogP contribution in [0.25, 0.3) is 0 Å². The number of nitrogens with zero attached hydrogens (tertiary/aromatic N) is 1. The molecule has 2 N–H and O–H groups in total. The minimum atomic E-state index is -0.751. The van der Waals surface area contributed by atoms with Crippen LogP contribution in [0.3, 0.4) is 0 Å². The Morgan fingerprint density at radius 2 is 1.85 bits per heavy atom. The van der Waals surface area contributed by atoms with Gasteiger partial charge in [-0.1, -0.05) is 36.9 Å². The van der Waals surface area contributed by atoms with Gasteiger partial charge in [0, 0.05) is 31.1 Å². The van der Waals surface area contributed by atoms with Crippen molar-refractivity contribution in [3.05, 3.63) is 48.0 Å². The molecule has 1 aromatic carbocycles. The molecule has 6 nitrogen and oxygen atoms in total. The summed E-state index contributed by atoms with van der Waals surface area (Å²) >= 11 is 0. The summed E-state index contributed by atoms with van der Waals surface area (Å²) in [5.74, 6) is -0.249. The van der Waals surface area contributed by atoms with Crippen molar-refractivity contribution < 1.29 is 19.4 Å². The molecule has 1 fully saturated rings. The molecule has 2 amide bonds. The third-order valence-electron chi connectivity index (χ3n) is 4.43. The van der Waals surface area contributed by atoms with E-state index in [-0.39, 0.29) is 24.5 Å². The van der Waals surface area contributed by atoms with E-state index in [1.165, 1.54) is 0 Å². The molecule has 0 bridgehead atoms. The summed E-state index contributed by atoms with van der Waals surface area (Å²) in [4.78, 5) is 26.1. The van der Waals surface area contributed by atoms with E-state index in [1.807, 2.05) is 51.1 Å². The fourth-order valence-corrected chi connectivity index (χ4v) is 2.94. The summed E-state index contributed by atoms with van der Waals surface area (Å²) in [7, 11) is 0. The molecule has 1 unspecified atom stereocenters. The standard InChI is InChI=1S/C21H30N2O4/c1-15(14-18(24)16-8-6-5-7-9-16)19(25)22-17-10-12-23(13-11-17)20(26)27-21(2,3)4/h5-9,17-18,24H,1,10-14H2,2-4H3,(H,22,25). The van der Waals surface area contributed by atoms with Crippen molar-refractivity contribution in [2.75, 3.05) is 13.1 Å². The van der Waals surface area contributed by atoms with Crippen molar-refractivity contribution in [2.45, 2.75) is 57.8 Å². The molecule has 0 saturated carbocycles. The highest BCUT2D eigenvalue weighted by Gasteiger charge is 2.28. The minimum absolute atomic E-state index is 0.0122. The van der Waals surface area contributed by atoms with Crippen LogP contribution >= 0.6 is 0 Å². The van der Waals surface area contributed by atoms with Gasteiger partial charge in [0.25, 0.3) is 0 Å². The fraction of sp³-hybridized carbons (Fsp3) is 0.524. The molecule has 1 saturated heterocycles. The Labute approximate surface area is 161 Å². The van der Waals surface area contributed by atoms with Gasteiger partial charge in [-0.3, -0.25) is 4.79 Å². The van der Waals surface area contributed by atoms with Crippen LogP contribution < -0.4 is 5.32 Å². The largest absolute Gasteiger partial charge is 0.444 e. The molecule has 1 heterocycles. The fourth-order valence-electron chi connectivity index (χ4n) is 2.94. The van der Waals surface area contributed by atoms with E-state index in [9.17, 15) is 14.7 Å². The number of hydrogen-bond acceptors (Lipinski definition) is 4. The molecule has 148 valence electrons. The monoisotopic (exact) mass is 374 g/mol. The lowest BCUT2D eigenvalue weighted by molar-refractivity contribution is -0.118. The normalized spacial score (nSPS) is 16.5. The second-order valence-electron chi connectivity index (χ2n) is 7.95. The van der Waals surface area contributed by atoms with Crippen molar-refractivity contribution in [1.82, 2.24) is 10.2 Å². The maximum absolute atomic E-state index is 12.4. The molecule has 1 aromatic rings. The van der Waals surface area contributed by atoms with Gasteiger partial charge < -0.3 is 20.1 Å². The highest BCUT2D eigenvalue weighted by Crippen LogP contribution is 2.21. The van der Waals surface area contributed by atoms with Crippen molar-refractivity contribution in [3.63, 3.8) is 0 Å². The van der Waals surface area contributed by atoms with E-state index in [2.05, 4.69) is 11.9 Å². The highest BCUT2D eigenvalue weighted by molar-refractivity contribution is 5.93. The molecule has 1 atom stereocenters. The average molecular weight is 374 g/mol. The molecular weight excluding hydrogens is 344 g/mol. The Bertz CT molecular complexity index is 659. The minimum Gasteiger partial charge on any atom is -0.444 e. The third kappa shape index (κ3) is 6.71. The van der Waals surface area contributed by atoms with Crippen molar-refractivity contribution in [1.29, 1.82) is 0 Å². The maximum atomic E-state index is 12.4. The number of benzene rings is 1. The summed E-state index contributed by atoms with van der Waals surface area (Å²) in [6.45, 7) is 10.4. The molecule has 0 spiro atoms. The average Bonchev–Trinajstić information content (AvgIpc) is 2.61. The number of hydrogen-bond donors (Lipinski definition) is 2. The van der Waals surface area contributed by atoms with Gasteiger partial charge in [-0.25, -0.2) is 4.79 Å². The Morgan fingerprint density at radius 1 is 1.26 bits per heavy atom. The van der Waals surface area contributed by atoms with E-state index in [0.29, 0.717) is 31.5 Å². The molecule has 1 aliphatic rings. The molecule has 0 radical (unpaired) electrons. The SMILES string of the molecule is C=C(CC(O)c1ccccc1)C(=O)NC1CCN(C(=O)OC(C)(C)C)CC1. The lowest BCUT2D eigenvalue weighted by Crippen LogP contribution is -2.48. The number of carbonyl (C=O) groups excluding carboxylic acids is 2. The van der Waals surface area contributed by atoms with Crippen LogP contribution in [0.15, 0.2) is 42.5 Å². The Kier molecular flexibility index (Phi) is 7.02. The van der Waals surface area contributed by atoms with Gasteiger partial charge >= 0.3 is 6.09 Å². The van der Waals surface area contributed by atoms with E-state index in [1.54, 1.807) is 4.90 Å². The van der Waals surface area contributed by atoms with Crippen LogP contribution in [0.5, 0.6) is 0 Å². The molecule has 2 rings (SSSR count). The highest BCUT2D eigenvalue weighted by atomic mass is 16.6. The zero-order chi connectivity index (χ0) is 20.0. The second kappa shape index (κ2) is 9.04. The second-order valence-corrected chi connectivity index (χ2v) is 7.95. The first-order valence-electron chi connectivity index (χ1n) is 9.35. The van der Waals surface area contributed by atoms with Crippen LogP contribution in [0.4, 0.5) is 4.79 Å². The number of likely N-dealkylation sites (tertiary alicyclic amines) is 1. The van der Waals surface area contributed by atoms with Crippen LogP contribution in [-0.4, -0.2) is 46.7 Å².